The van der Waals surface area contributed by atoms with Gasteiger partial charge in [0.25, 0.3) is 0 Å². The predicted octanol–water partition coefficient (Wildman–Crippen LogP) is 14.3. The first-order valence-electron chi connectivity index (χ1n) is 17.4. The maximum Gasteiger partial charge on any atom is 0.121 e. The molecule has 0 radical (unpaired) electrons. The van der Waals surface area contributed by atoms with E-state index in [9.17, 15) is 0 Å². The number of halogens is 1. The van der Waals surface area contributed by atoms with E-state index in [-0.39, 0.29) is 0 Å². The summed E-state index contributed by atoms with van der Waals surface area (Å²) in [5.41, 5.74) is 7.98. The number of thiazole rings is 5. The Morgan fingerprint density at radius 1 is 0.400 bits per heavy atom. The Morgan fingerprint density at radius 2 is 0.818 bits per heavy atom. The number of hydrogen-bond acceptors (Lipinski definition) is 11. The van der Waals surface area contributed by atoms with Gasteiger partial charge in [-0.25, -0.2) is 24.9 Å². The minimum atomic E-state index is 0.753. The fourth-order valence-corrected chi connectivity index (χ4v) is 9.79. The van der Waals surface area contributed by atoms with Gasteiger partial charge in [-0.15, -0.1) is 56.7 Å². The second-order valence-electron chi connectivity index (χ2n) is 12.5. The lowest BCUT2D eigenvalue weighted by molar-refractivity contribution is 0.415. The summed E-state index contributed by atoms with van der Waals surface area (Å²) in [6.07, 6.45) is 0. The molecular weight excluding hydrogens is 798 g/mol. The number of benzene rings is 5. The largest absolute Gasteiger partial charge is 0.497 e. The predicted molar refractivity (Wildman–Crippen MR) is 243 cm³/mol. The van der Waals surface area contributed by atoms with Crippen molar-refractivity contribution in [3.05, 3.63) is 138 Å². The number of para-hydroxylation sites is 1. The average Bonchev–Trinajstić information content (AvgIpc) is 3.97. The molecule has 0 saturated heterocycles. The van der Waals surface area contributed by atoms with E-state index in [0.29, 0.717) is 0 Å². The summed E-state index contributed by atoms with van der Waals surface area (Å²) in [4.78, 5) is 21.8. The second kappa shape index (κ2) is 18.5. The Balaban J connectivity index is 0.000000117. The number of ether oxygens (including phenoxy) is 1. The van der Waals surface area contributed by atoms with E-state index in [1.165, 1.54) is 34.6 Å². The maximum atomic E-state index is 5.79. The first-order valence-corrected chi connectivity index (χ1v) is 21.8. The molecule has 6 nitrogen and oxygen atoms in total. The molecule has 0 bridgehead atoms. The maximum absolute atomic E-state index is 5.79. The molecule has 55 heavy (non-hydrogen) atoms. The lowest BCUT2D eigenvalue weighted by Crippen LogP contribution is -1.80. The van der Waals surface area contributed by atoms with Crippen LogP contribution >= 0.6 is 68.3 Å². The molecule has 0 aliphatic heterocycles. The van der Waals surface area contributed by atoms with Crippen molar-refractivity contribution >= 4 is 119 Å². The van der Waals surface area contributed by atoms with Crippen LogP contribution in [0.3, 0.4) is 0 Å². The molecule has 12 heteroatoms. The van der Waals surface area contributed by atoms with E-state index in [1.807, 2.05) is 89.2 Å². The van der Waals surface area contributed by atoms with Crippen LogP contribution in [0.1, 0.15) is 36.2 Å². The zero-order valence-electron chi connectivity index (χ0n) is 31.8. The number of rotatable bonds is 1. The molecule has 0 N–H and O–H groups in total. The summed E-state index contributed by atoms with van der Waals surface area (Å²) in [5.74, 6) is 0.868. The number of hydrogen-bond donors (Lipinski definition) is 0. The minimum absolute atomic E-state index is 0.753. The third-order valence-electron chi connectivity index (χ3n) is 7.86. The smallest absolute Gasteiger partial charge is 0.121 e. The van der Waals surface area contributed by atoms with Crippen molar-refractivity contribution in [3.8, 4) is 5.75 Å². The lowest BCUT2D eigenvalue weighted by atomic mass is 10.2. The summed E-state index contributed by atoms with van der Waals surface area (Å²) < 4.78 is 11.4. The topological polar surface area (TPSA) is 73.7 Å². The van der Waals surface area contributed by atoms with Gasteiger partial charge < -0.3 is 4.74 Å². The van der Waals surface area contributed by atoms with Crippen molar-refractivity contribution in [2.24, 2.45) is 0 Å². The van der Waals surface area contributed by atoms with E-state index < -0.39 is 0 Å². The molecule has 0 amide bonds. The normalized spacial score (nSPS) is 10.6. The molecule has 280 valence electrons. The fraction of sp³-hybridized carbons (Fsp3) is 0.186. The third-order valence-corrected chi connectivity index (χ3v) is 12.8. The van der Waals surface area contributed by atoms with Crippen LogP contribution in [0.2, 0.25) is 5.02 Å². The molecular formula is C43H40ClN5OS5. The first kappa shape index (κ1) is 40.3. The Kier molecular flexibility index (Phi) is 13.6. The summed E-state index contributed by atoms with van der Waals surface area (Å²) in [6.45, 7) is 14.3. The highest BCUT2D eigenvalue weighted by atomic mass is 35.5. The minimum Gasteiger partial charge on any atom is -0.497 e. The number of fused-ring (bicyclic) bond motifs is 5. The Bertz CT molecular complexity index is 2610. The fourth-order valence-electron chi connectivity index (χ4n) is 5.45. The van der Waals surface area contributed by atoms with Crippen LogP contribution in [-0.4, -0.2) is 32.0 Å². The average molecular weight is 839 g/mol. The van der Waals surface area contributed by atoms with Crippen LogP contribution in [0.5, 0.6) is 5.75 Å². The van der Waals surface area contributed by atoms with E-state index in [1.54, 1.807) is 63.8 Å². The van der Waals surface area contributed by atoms with Crippen molar-refractivity contribution in [1.29, 1.82) is 0 Å². The van der Waals surface area contributed by atoms with Crippen molar-refractivity contribution < 1.29 is 4.74 Å². The van der Waals surface area contributed by atoms with Crippen molar-refractivity contribution in [3.63, 3.8) is 0 Å². The van der Waals surface area contributed by atoms with Crippen LogP contribution in [0.15, 0.2) is 97.1 Å². The van der Waals surface area contributed by atoms with Gasteiger partial charge in [0.15, 0.2) is 0 Å². The molecule has 0 saturated carbocycles. The zero-order chi connectivity index (χ0) is 39.1. The Hall–Kier alpha value is -4.36. The van der Waals surface area contributed by atoms with Gasteiger partial charge in [-0.05, 0) is 126 Å². The summed E-state index contributed by atoms with van der Waals surface area (Å²) >= 11 is 14.4. The zero-order valence-corrected chi connectivity index (χ0v) is 36.6. The van der Waals surface area contributed by atoms with E-state index in [0.717, 1.165) is 63.4 Å². The highest BCUT2D eigenvalue weighted by Gasteiger charge is 2.02. The quantitative estimate of drug-likeness (QED) is 0.164. The Labute approximate surface area is 346 Å². The molecule has 0 aliphatic rings. The van der Waals surface area contributed by atoms with Crippen LogP contribution in [0.25, 0.3) is 51.1 Å². The molecule has 10 rings (SSSR count). The molecule has 0 fully saturated rings. The van der Waals surface area contributed by atoms with Gasteiger partial charge in [-0.3, -0.25) is 0 Å². The van der Waals surface area contributed by atoms with Gasteiger partial charge in [-0.2, -0.15) is 0 Å². The number of nitrogens with zero attached hydrogens (tertiary/aromatic N) is 5. The molecule has 0 atom stereocenters. The van der Waals surface area contributed by atoms with E-state index in [4.69, 9.17) is 16.3 Å². The molecule has 5 aromatic carbocycles. The number of aromatic nitrogens is 5. The van der Waals surface area contributed by atoms with Gasteiger partial charge in [0.1, 0.15) is 5.75 Å². The van der Waals surface area contributed by atoms with Gasteiger partial charge in [-0.1, -0.05) is 35.9 Å². The van der Waals surface area contributed by atoms with Crippen LogP contribution in [0, 0.1) is 48.5 Å². The molecule has 0 spiro atoms. The van der Waals surface area contributed by atoms with Gasteiger partial charge >= 0.3 is 0 Å². The molecule has 0 unspecified atom stereocenters. The van der Waals surface area contributed by atoms with E-state index in [2.05, 4.69) is 81.2 Å². The molecule has 5 heterocycles. The van der Waals surface area contributed by atoms with Gasteiger partial charge in [0.05, 0.1) is 83.2 Å². The SMILES string of the molecule is COc1ccc2sc(C)nc2c1.Cc1ccc2nc(C)sc2c1.Cc1ccc2sc(C)nc2c1.Cc1nc2cc(Cl)ccc2s1.Cc1nc2ccccc2s1. The lowest BCUT2D eigenvalue weighted by Gasteiger charge is -1.96. The Morgan fingerprint density at radius 3 is 1.40 bits per heavy atom. The summed E-state index contributed by atoms with van der Waals surface area (Å²) in [7, 11) is 1.67. The van der Waals surface area contributed by atoms with Gasteiger partial charge in [0, 0.05) is 11.1 Å². The third kappa shape index (κ3) is 11.1. The molecule has 5 aromatic heterocycles. The van der Waals surface area contributed by atoms with Crippen molar-refractivity contribution in [2.75, 3.05) is 7.11 Å². The van der Waals surface area contributed by atoms with Crippen molar-refractivity contribution in [2.45, 2.75) is 48.5 Å². The van der Waals surface area contributed by atoms with Crippen LogP contribution < -0.4 is 4.74 Å². The van der Waals surface area contributed by atoms with Crippen LogP contribution in [-0.2, 0) is 0 Å². The summed E-state index contributed by atoms with van der Waals surface area (Å²) in [5, 5.41) is 6.36. The highest BCUT2D eigenvalue weighted by molar-refractivity contribution is 7.19. The first-order chi connectivity index (χ1) is 26.4. The van der Waals surface area contributed by atoms with Crippen molar-refractivity contribution in [1.82, 2.24) is 24.9 Å². The van der Waals surface area contributed by atoms with Gasteiger partial charge in [0.2, 0.25) is 0 Å². The standard InChI is InChI=1S/C9H9NOS.2C9H9NS.C8H6ClNS.C8H7NS/c1-6-10-8-5-7(11-2)3-4-9(8)12-6;1-6-3-4-9-8(5-6)10-7(2)11-9;1-6-3-4-8-9(5-6)11-7(2)10-8;1-5-10-7-4-6(9)2-3-8(7)11-5;1-6-9-7-4-2-3-5-8(7)10-6/h3-5H,1-2H3;2*3-5H,1-2H3;2-4H,1H3;2-5H,1H3. The second-order valence-corrected chi connectivity index (χ2v) is 19.1. The van der Waals surface area contributed by atoms with E-state index >= 15 is 0 Å². The number of aryl methyl sites for hydroxylation is 7. The highest BCUT2D eigenvalue weighted by Crippen LogP contribution is 2.27. The molecule has 0 aliphatic carbocycles. The monoisotopic (exact) mass is 837 g/mol. The number of methoxy groups -OCH3 is 1. The van der Waals surface area contributed by atoms with Crippen LogP contribution in [0.4, 0.5) is 0 Å². The summed E-state index contributed by atoms with van der Waals surface area (Å²) in [6, 6.07) is 32.7. The molecule has 10 aromatic rings.